The molecule has 0 unspecified atom stereocenters. The highest BCUT2D eigenvalue weighted by atomic mass is 32.1. The number of nitrogens with one attached hydrogen (secondary N) is 1. The van der Waals surface area contributed by atoms with E-state index in [1.165, 1.54) is 18.6 Å². The molecular weight excluding hydrogens is 311 g/mol. The molecule has 122 valence electrons. The van der Waals surface area contributed by atoms with Crippen molar-refractivity contribution in [1.82, 2.24) is 0 Å². The molecule has 0 aliphatic carbocycles. The van der Waals surface area contributed by atoms with E-state index in [2.05, 4.69) is 10.2 Å². The first-order valence-corrected chi connectivity index (χ1v) is 8.79. The standard InChI is InChI=1S/C18H21FN2OS/c1-12-10-15(13(2)23-12)18(22)20-16-11-14(19)6-7-17(16)21-8-4-3-5-9-21/h6-7,10-11H,3-5,8-9H2,1-2H3,(H,20,22). The van der Waals surface area contributed by atoms with Gasteiger partial charge in [0.15, 0.2) is 0 Å². The number of rotatable bonds is 3. The molecule has 23 heavy (non-hydrogen) atoms. The number of carbonyl (C=O) groups excluding carboxylic acids is 1. The minimum absolute atomic E-state index is 0.171. The van der Waals surface area contributed by atoms with E-state index in [4.69, 9.17) is 0 Å². The van der Waals surface area contributed by atoms with Gasteiger partial charge >= 0.3 is 0 Å². The predicted molar refractivity (Wildman–Crippen MR) is 94.2 cm³/mol. The number of anilines is 2. The molecule has 1 aliphatic heterocycles. The largest absolute Gasteiger partial charge is 0.370 e. The molecule has 2 heterocycles. The minimum Gasteiger partial charge on any atom is -0.370 e. The van der Waals surface area contributed by atoms with E-state index in [1.54, 1.807) is 17.4 Å². The van der Waals surface area contributed by atoms with Gasteiger partial charge in [-0.05, 0) is 57.4 Å². The normalized spacial score (nSPS) is 14.8. The quantitative estimate of drug-likeness (QED) is 0.880. The lowest BCUT2D eigenvalue weighted by molar-refractivity contribution is 0.102. The molecule has 2 aromatic rings. The number of benzene rings is 1. The van der Waals surface area contributed by atoms with Crippen molar-refractivity contribution in [3.8, 4) is 0 Å². The van der Waals surface area contributed by atoms with Crippen LogP contribution in [0, 0.1) is 19.7 Å². The van der Waals surface area contributed by atoms with E-state index < -0.39 is 0 Å². The third kappa shape index (κ3) is 3.55. The second-order valence-electron chi connectivity index (χ2n) is 5.99. The Balaban J connectivity index is 1.87. The summed E-state index contributed by atoms with van der Waals surface area (Å²) in [5.41, 5.74) is 2.13. The van der Waals surface area contributed by atoms with Gasteiger partial charge in [0.2, 0.25) is 0 Å². The molecule has 0 spiro atoms. The van der Waals surface area contributed by atoms with Gasteiger partial charge in [-0.1, -0.05) is 0 Å². The second kappa shape index (κ2) is 6.71. The van der Waals surface area contributed by atoms with Gasteiger partial charge in [-0.2, -0.15) is 0 Å². The van der Waals surface area contributed by atoms with E-state index >= 15 is 0 Å². The maximum absolute atomic E-state index is 13.7. The maximum atomic E-state index is 13.7. The Morgan fingerprint density at radius 3 is 2.57 bits per heavy atom. The van der Waals surface area contributed by atoms with Gasteiger partial charge in [0.1, 0.15) is 5.82 Å². The lowest BCUT2D eigenvalue weighted by Gasteiger charge is -2.30. The number of aryl methyl sites for hydroxylation is 2. The molecule has 1 amide bonds. The monoisotopic (exact) mass is 332 g/mol. The van der Waals surface area contributed by atoms with Crippen LogP contribution in [0.3, 0.4) is 0 Å². The lowest BCUT2D eigenvalue weighted by atomic mass is 10.1. The van der Waals surface area contributed by atoms with Crippen molar-refractivity contribution in [3.05, 3.63) is 45.4 Å². The Kier molecular flexibility index (Phi) is 4.66. The van der Waals surface area contributed by atoms with Gasteiger partial charge in [-0.3, -0.25) is 4.79 Å². The molecule has 0 saturated carbocycles. The summed E-state index contributed by atoms with van der Waals surface area (Å²) in [7, 11) is 0. The van der Waals surface area contributed by atoms with E-state index in [1.807, 2.05) is 19.9 Å². The third-order valence-electron chi connectivity index (χ3n) is 4.19. The lowest BCUT2D eigenvalue weighted by Crippen LogP contribution is -2.30. The van der Waals surface area contributed by atoms with Crippen molar-refractivity contribution in [2.45, 2.75) is 33.1 Å². The SMILES string of the molecule is Cc1cc(C(=O)Nc2cc(F)ccc2N2CCCCC2)c(C)s1. The van der Waals surface area contributed by atoms with E-state index in [0.717, 1.165) is 41.4 Å². The van der Waals surface area contributed by atoms with Crippen LogP contribution < -0.4 is 10.2 Å². The number of thiophene rings is 1. The molecule has 3 rings (SSSR count). The summed E-state index contributed by atoms with van der Waals surface area (Å²) in [6, 6.07) is 6.52. The van der Waals surface area contributed by atoms with Crippen LogP contribution in [0.25, 0.3) is 0 Å². The zero-order valence-corrected chi connectivity index (χ0v) is 14.3. The minimum atomic E-state index is -0.334. The summed E-state index contributed by atoms with van der Waals surface area (Å²) >= 11 is 1.60. The number of halogens is 1. The van der Waals surface area contributed by atoms with Gasteiger partial charge in [0, 0.05) is 22.8 Å². The number of carbonyl (C=O) groups is 1. The molecule has 1 aromatic heterocycles. The maximum Gasteiger partial charge on any atom is 0.256 e. The summed E-state index contributed by atoms with van der Waals surface area (Å²) in [5.74, 6) is -0.505. The van der Waals surface area contributed by atoms with Crippen LogP contribution in [-0.4, -0.2) is 19.0 Å². The van der Waals surface area contributed by atoms with E-state index in [0.29, 0.717) is 11.3 Å². The highest BCUT2D eigenvalue weighted by Gasteiger charge is 2.18. The highest BCUT2D eigenvalue weighted by molar-refractivity contribution is 7.12. The van der Waals surface area contributed by atoms with Crippen molar-refractivity contribution in [1.29, 1.82) is 0 Å². The third-order valence-corrected chi connectivity index (χ3v) is 5.16. The van der Waals surface area contributed by atoms with Crippen LogP contribution in [0.1, 0.15) is 39.4 Å². The van der Waals surface area contributed by atoms with Crippen LogP contribution in [0.2, 0.25) is 0 Å². The number of amides is 1. The predicted octanol–water partition coefficient (Wildman–Crippen LogP) is 4.75. The molecule has 1 fully saturated rings. The molecular formula is C18H21FN2OS. The van der Waals surface area contributed by atoms with Crippen molar-refractivity contribution >= 4 is 28.6 Å². The van der Waals surface area contributed by atoms with Crippen LogP contribution in [0.4, 0.5) is 15.8 Å². The molecule has 1 N–H and O–H groups in total. The van der Waals surface area contributed by atoms with Gasteiger partial charge in [0.25, 0.3) is 5.91 Å². The molecule has 0 radical (unpaired) electrons. The number of hydrogen-bond acceptors (Lipinski definition) is 3. The summed E-state index contributed by atoms with van der Waals surface area (Å²) < 4.78 is 13.7. The molecule has 0 atom stereocenters. The molecule has 1 aliphatic rings. The summed E-state index contributed by atoms with van der Waals surface area (Å²) in [6.45, 7) is 5.82. The topological polar surface area (TPSA) is 32.3 Å². The Hall–Kier alpha value is -1.88. The van der Waals surface area contributed by atoms with Crippen molar-refractivity contribution < 1.29 is 9.18 Å². The molecule has 1 aromatic carbocycles. The van der Waals surface area contributed by atoms with Gasteiger partial charge in [0.05, 0.1) is 16.9 Å². The Bertz CT molecular complexity index is 720. The van der Waals surface area contributed by atoms with Crippen molar-refractivity contribution in [2.75, 3.05) is 23.3 Å². The van der Waals surface area contributed by atoms with Gasteiger partial charge < -0.3 is 10.2 Å². The average molecular weight is 332 g/mol. The van der Waals surface area contributed by atoms with Gasteiger partial charge in [-0.15, -0.1) is 11.3 Å². The van der Waals surface area contributed by atoms with Crippen LogP contribution >= 0.6 is 11.3 Å². The van der Waals surface area contributed by atoms with Crippen LogP contribution in [-0.2, 0) is 0 Å². The first kappa shape index (κ1) is 16.0. The van der Waals surface area contributed by atoms with Gasteiger partial charge in [-0.25, -0.2) is 4.39 Å². The smallest absolute Gasteiger partial charge is 0.256 e. The Morgan fingerprint density at radius 2 is 1.91 bits per heavy atom. The Labute approximate surface area is 140 Å². The van der Waals surface area contributed by atoms with Crippen LogP contribution in [0.15, 0.2) is 24.3 Å². The summed E-state index contributed by atoms with van der Waals surface area (Å²) in [5, 5.41) is 2.91. The highest BCUT2D eigenvalue weighted by Crippen LogP contribution is 2.30. The van der Waals surface area contributed by atoms with E-state index in [-0.39, 0.29) is 11.7 Å². The summed E-state index contributed by atoms with van der Waals surface area (Å²) in [6.07, 6.45) is 3.49. The number of piperidine rings is 1. The molecule has 5 heteroatoms. The van der Waals surface area contributed by atoms with E-state index in [9.17, 15) is 9.18 Å². The zero-order chi connectivity index (χ0) is 16.4. The fourth-order valence-electron chi connectivity index (χ4n) is 3.06. The Morgan fingerprint density at radius 1 is 1.17 bits per heavy atom. The number of hydrogen-bond donors (Lipinski definition) is 1. The first-order valence-electron chi connectivity index (χ1n) is 7.97. The first-order chi connectivity index (χ1) is 11.0. The van der Waals surface area contributed by atoms with Crippen molar-refractivity contribution in [3.63, 3.8) is 0 Å². The number of nitrogens with zero attached hydrogens (tertiary/aromatic N) is 1. The van der Waals surface area contributed by atoms with Crippen LogP contribution in [0.5, 0.6) is 0 Å². The second-order valence-corrected chi connectivity index (χ2v) is 7.45. The molecule has 1 saturated heterocycles. The molecule has 3 nitrogen and oxygen atoms in total. The molecule has 0 bridgehead atoms. The average Bonchev–Trinajstić information content (AvgIpc) is 2.87. The summed E-state index contributed by atoms with van der Waals surface area (Å²) in [4.78, 5) is 16.9. The fraction of sp³-hybridized carbons (Fsp3) is 0.389. The fourth-order valence-corrected chi connectivity index (χ4v) is 3.99. The van der Waals surface area contributed by atoms with Crippen molar-refractivity contribution in [2.24, 2.45) is 0 Å². The zero-order valence-electron chi connectivity index (χ0n) is 13.5.